The normalized spacial score (nSPS) is 31.0. The van der Waals surface area contributed by atoms with Crippen LogP contribution >= 0.6 is 0 Å². The van der Waals surface area contributed by atoms with E-state index >= 15 is 0 Å². The van der Waals surface area contributed by atoms with Crippen LogP contribution in [-0.2, 0) is 19.0 Å². The van der Waals surface area contributed by atoms with E-state index < -0.39 is 12.2 Å². The SMILES string of the molecule is COCO.C[C-]=NC(=[N-])C(C)/C=C\C(=O)NC1CC(C)C(C/C=C(C)/C=C/C2O[C@H](CC)CC(CO)[C@@H]2O)OC1C.[U+2]. The molecule has 0 radical (unpaired) electrons. The van der Waals surface area contributed by atoms with Gasteiger partial charge in [-0.3, -0.25) is 4.79 Å². The van der Waals surface area contributed by atoms with E-state index in [4.69, 9.17) is 14.6 Å². The zero-order valence-electron chi connectivity index (χ0n) is 26.2. The molecule has 0 saturated carbocycles. The summed E-state index contributed by atoms with van der Waals surface area (Å²) in [7, 11) is 1.43. The van der Waals surface area contributed by atoms with Gasteiger partial charge >= 0.3 is 31.1 Å². The van der Waals surface area contributed by atoms with Crippen LogP contribution in [0.1, 0.15) is 67.2 Å². The number of nitrogens with zero attached hydrogens (tertiary/aromatic N) is 2. The van der Waals surface area contributed by atoms with Gasteiger partial charge in [0.1, 0.15) is 12.9 Å². The zero-order chi connectivity index (χ0) is 30.9. The molecule has 10 nitrogen and oxygen atoms in total. The van der Waals surface area contributed by atoms with Gasteiger partial charge in [-0.15, -0.1) is 6.92 Å². The number of aliphatic imine (C=N–C) groups is 1. The van der Waals surface area contributed by atoms with Gasteiger partial charge in [-0.25, -0.2) is 5.84 Å². The molecule has 0 aliphatic carbocycles. The number of aliphatic hydroxyl groups is 3. The van der Waals surface area contributed by atoms with Gasteiger partial charge in [-0.1, -0.05) is 56.6 Å². The summed E-state index contributed by atoms with van der Waals surface area (Å²) in [6, 6.07) is -0.0980. The first-order valence-corrected chi connectivity index (χ1v) is 14.5. The zero-order valence-corrected chi connectivity index (χ0v) is 30.4. The van der Waals surface area contributed by atoms with Crippen LogP contribution in [0.25, 0.3) is 5.41 Å². The Morgan fingerprint density at radius 1 is 1.24 bits per heavy atom. The number of amides is 1. The molecule has 2 rings (SSSR count). The Morgan fingerprint density at radius 3 is 2.48 bits per heavy atom. The number of rotatable bonds is 11. The molecule has 0 aromatic heterocycles. The fourth-order valence-corrected chi connectivity index (χ4v) is 4.80. The Bertz CT molecular complexity index is 909. The minimum Gasteiger partial charge on any atom is -0.644 e. The van der Waals surface area contributed by atoms with E-state index in [0.29, 0.717) is 6.42 Å². The first-order valence-electron chi connectivity index (χ1n) is 14.5. The van der Waals surface area contributed by atoms with E-state index in [-0.39, 0.29) is 98.4 Å². The van der Waals surface area contributed by atoms with E-state index in [9.17, 15) is 20.4 Å². The van der Waals surface area contributed by atoms with Crippen molar-refractivity contribution < 1.29 is 65.4 Å². The maximum atomic E-state index is 12.4. The third-order valence-corrected chi connectivity index (χ3v) is 7.49. The number of aliphatic hydroxyl groups excluding tert-OH is 3. The Hall–Kier alpha value is -1.16. The molecule has 9 atom stereocenters. The molecular formula is C31H51N3O7U. The van der Waals surface area contributed by atoms with Crippen molar-refractivity contribution in [3.63, 3.8) is 0 Å². The van der Waals surface area contributed by atoms with Gasteiger partial charge in [-0.05, 0) is 51.5 Å². The summed E-state index contributed by atoms with van der Waals surface area (Å²) in [5.41, 5.74) is 1.05. The second-order valence-corrected chi connectivity index (χ2v) is 10.8. The molecule has 7 unspecified atom stereocenters. The van der Waals surface area contributed by atoms with Gasteiger partial charge in [0, 0.05) is 19.6 Å². The molecule has 0 aromatic carbocycles. The molecule has 2 aliphatic rings. The number of hydrogen-bond acceptors (Lipinski definition) is 7. The number of ether oxygens (including phenoxy) is 3. The number of hydrogen-bond donors (Lipinski definition) is 4. The van der Waals surface area contributed by atoms with Crippen LogP contribution in [0.15, 0.2) is 40.9 Å². The number of allylic oxidation sites excluding steroid dienone is 2. The Morgan fingerprint density at radius 2 is 1.90 bits per heavy atom. The third kappa shape index (κ3) is 14.5. The number of nitrogens with one attached hydrogen (secondary N) is 1. The van der Waals surface area contributed by atoms with E-state index in [1.165, 1.54) is 13.2 Å². The number of methoxy groups -OCH3 is 1. The van der Waals surface area contributed by atoms with Crippen molar-refractivity contribution in [1.82, 2.24) is 5.32 Å². The van der Waals surface area contributed by atoms with Gasteiger partial charge in [0.25, 0.3) is 0 Å². The van der Waals surface area contributed by atoms with Crippen LogP contribution in [0.4, 0.5) is 0 Å². The maximum Gasteiger partial charge on any atom is 2.00 e. The molecule has 42 heavy (non-hydrogen) atoms. The van der Waals surface area contributed by atoms with E-state index in [1.807, 2.05) is 26.0 Å². The maximum absolute atomic E-state index is 12.4. The van der Waals surface area contributed by atoms with Crippen LogP contribution in [0.3, 0.4) is 0 Å². The van der Waals surface area contributed by atoms with E-state index in [2.05, 4.69) is 41.2 Å². The largest absolute Gasteiger partial charge is 2.00 e. The average Bonchev–Trinajstić information content (AvgIpc) is 2.96. The minimum absolute atomic E-state index is 0. The molecular weight excluding hydrogens is 764 g/mol. The molecule has 2 aliphatic heterocycles. The van der Waals surface area contributed by atoms with Crippen LogP contribution in [0, 0.1) is 48.9 Å². The second-order valence-electron chi connectivity index (χ2n) is 10.8. The molecule has 236 valence electrons. The molecule has 1 amide bonds. The van der Waals surface area contributed by atoms with Crippen molar-refractivity contribution in [2.45, 2.75) is 104 Å². The third-order valence-electron chi connectivity index (χ3n) is 7.49. The van der Waals surface area contributed by atoms with Crippen LogP contribution in [0.2, 0.25) is 0 Å². The molecule has 2 fully saturated rings. The number of carbonyl (C=O) groups is 1. The van der Waals surface area contributed by atoms with Gasteiger partial charge in [0.15, 0.2) is 0 Å². The van der Waals surface area contributed by atoms with Crippen molar-refractivity contribution in [2.24, 2.45) is 22.7 Å². The fraction of sp³-hybridized carbons (Fsp3) is 0.710. The van der Waals surface area contributed by atoms with E-state index in [0.717, 1.165) is 24.8 Å². The first-order chi connectivity index (χ1) is 19.5. The van der Waals surface area contributed by atoms with Gasteiger partial charge in [0.2, 0.25) is 5.91 Å². The molecule has 11 heteroatoms. The van der Waals surface area contributed by atoms with Crippen molar-refractivity contribution >= 4 is 18.0 Å². The Balaban J connectivity index is 0.00000315. The molecule has 2 heterocycles. The predicted octanol–water partition coefficient (Wildman–Crippen LogP) is 3.42. The average molecular weight is 816 g/mol. The van der Waals surface area contributed by atoms with Crippen molar-refractivity contribution in [3.8, 4) is 0 Å². The molecule has 0 spiro atoms. The summed E-state index contributed by atoms with van der Waals surface area (Å²) in [5.74, 6) is -0.595. The summed E-state index contributed by atoms with van der Waals surface area (Å²) in [5, 5.41) is 40.5. The summed E-state index contributed by atoms with van der Waals surface area (Å²) >= 11 is 0. The second kappa shape index (κ2) is 22.4. The smallest absolute Gasteiger partial charge is 0.644 e. The topological polar surface area (TPSA) is 152 Å². The molecule has 0 aromatic rings. The number of amidine groups is 1. The summed E-state index contributed by atoms with van der Waals surface area (Å²) < 4.78 is 16.3. The minimum atomic E-state index is -0.711. The number of carbonyl (C=O) groups excluding carboxylic acids is 1. The molecule has 4 N–H and O–H groups in total. The Kier molecular flexibility index (Phi) is 21.7. The Labute approximate surface area is 276 Å². The van der Waals surface area contributed by atoms with Gasteiger partial charge < -0.3 is 51.5 Å². The fourth-order valence-electron chi connectivity index (χ4n) is 4.80. The van der Waals surface area contributed by atoms with E-state index in [1.54, 1.807) is 19.9 Å². The van der Waals surface area contributed by atoms with Crippen molar-refractivity contribution in [1.29, 1.82) is 0 Å². The van der Waals surface area contributed by atoms with Crippen molar-refractivity contribution in [2.75, 3.05) is 20.5 Å². The van der Waals surface area contributed by atoms with Gasteiger partial charge in [0.05, 0.1) is 30.5 Å². The van der Waals surface area contributed by atoms with Gasteiger partial charge in [-0.2, -0.15) is 0 Å². The quantitative estimate of drug-likeness (QED) is 0.0624. The molecule has 0 bridgehead atoms. The van der Waals surface area contributed by atoms with Crippen LogP contribution in [0.5, 0.6) is 0 Å². The monoisotopic (exact) mass is 815 g/mol. The summed E-state index contributed by atoms with van der Waals surface area (Å²) in [4.78, 5) is 16.1. The summed E-state index contributed by atoms with van der Waals surface area (Å²) in [6.45, 7) is 11.3. The predicted molar refractivity (Wildman–Crippen MR) is 162 cm³/mol. The first kappa shape index (κ1) is 40.8. The molecule has 2 saturated heterocycles. The van der Waals surface area contributed by atoms with Crippen LogP contribution in [-0.4, -0.2) is 90.3 Å². The standard InChI is InChI=1S/C29H45N3O5.C2H6O2.U/c1-7-23-16-22(17-33)28(35)26(37-23)13-10-18(3)9-12-25-20(5)15-24(21(6)36-25)32-27(34)14-11-19(4)29(30)31-8-2;1-4-2-3;/h9-11,13-14,19-26,28,33,35H,7,12,15-17H2,1-6H3,(H,32,34);3H,2H2,1H3;/q-2;;+2/b13-10+,14-11-,18-9+;;/t19?,20?,21?,22?,23-,24?,25?,26?,28+;;/m1../s1. The van der Waals surface area contributed by atoms with Crippen molar-refractivity contribution in [3.05, 3.63) is 41.4 Å². The summed E-state index contributed by atoms with van der Waals surface area (Å²) in [6.07, 6.45) is 13.4. The van der Waals surface area contributed by atoms with Crippen LogP contribution < -0.4 is 5.32 Å².